The third-order valence-corrected chi connectivity index (χ3v) is 4.10. The van der Waals surface area contributed by atoms with Gasteiger partial charge in [0.05, 0.1) is 0 Å². The fraction of sp³-hybridized carbons (Fsp3) is 0.278. The Balaban J connectivity index is 1.81. The summed E-state index contributed by atoms with van der Waals surface area (Å²) >= 11 is 0. The largest absolute Gasteiger partial charge is 0.326 e. The van der Waals surface area contributed by atoms with Crippen LogP contribution in [-0.4, -0.2) is 5.91 Å². The van der Waals surface area contributed by atoms with Gasteiger partial charge in [0.25, 0.3) is 5.91 Å². The summed E-state index contributed by atoms with van der Waals surface area (Å²) in [5.74, 6) is -0.0578. The van der Waals surface area contributed by atoms with Crippen LogP contribution in [0.4, 0.5) is 5.69 Å². The number of anilines is 1. The molecule has 2 aromatic carbocycles. The monoisotopic (exact) mass is 280 g/mol. The molecule has 0 atom stereocenters. The van der Waals surface area contributed by atoms with Crippen LogP contribution in [0.3, 0.4) is 0 Å². The van der Waals surface area contributed by atoms with Crippen molar-refractivity contribution in [3.05, 3.63) is 64.7 Å². The van der Waals surface area contributed by atoms with Crippen LogP contribution < -0.4 is 11.1 Å². The molecular weight excluding hydrogens is 260 g/mol. The zero-order valence-corrected chi connectivity index (χ0v) is 12.1. The van der Waals surface area contributed by atoms with E-state index in [1.165, 1.54) is 24.0 Å². The highest BCUT2D eigenvalue weighted by atomic mass is 16.1. The maximum absolute atomic E-state index is 12.4. The van der Waals surface area contributed by atoms with E-state index in [2.05, 4.69) is 11.4 Å². The SMILES string of the molecule is NCc1ccc(C(=O)Nc2cccc3c2CCCC3)cc1. The number of nitrogens with one attached hydrogen (secondary N) is 1. The number of fused-ring (bicyclic) bond motifs is 1. The Labute approximate surface area is 125 Å². The van der Waals surface area contributed by atoms with Crippen LogP contribution in [0.1, 0.15) is 39.9 Å². The molecule has 108 valence electrons. The molecular formula is C18H20N2O. The van der Waals surface area contributed by atoms with Crippen molar-refractivity contribution in [3.8, 4) is 0 Å². The quantitative estimate of drug-likeness (QED) is 0.906. The second-order valence-electron chi connectivity index (χ2n) is 5.51. The van der Waals surface area contributed by atoms with Crippen LogP contribution in [0.2, 0.25) is 0 Å². The van der Waals surface area contributed by atoms with Crippen molar-refractivity contribution in [1.82, 2.24) is 0 Å². The van der Waals surface area contributed by atoms with Gasteiger partial charge in [-0.15, -0.1) is 0 Å². The molecule has 1 aliphatic carbocycles. The smallest absolute Gasteiger partial charge is 0.255 e. The molecule has 1 amide bonds. The van der Waals surface area contributed by atoms with Crippen LogP contribution in [0.15, 0.2) is 42.5 Å². The Morgan fingerprint density at radius 1 is 1.05 bits per heavy atom. The van der Waals surface area contributed by atoms with E-state index in [9.17, 15) is 4.79 Å². The summed E-state index contributed by atoms with van der Waals surface area (Å²) in [4.78, 5) is 12.4. The number of aryl methyl sites for hydroxylation is 1. The number of carbonyl (C=O) groups excluding carboxylic acids is 1. The Kier molecular flexibility index (Phi) is 4.02. The normalized spacial score (nSPS) is 13.6. The van der Waals surface area contributed by atoms with E-state index in [4.69, 9.17) is 5.73 Å². The van der Waals surface area contributed by atoms with Gasteiger partial charge in [-0.2, -0.15) is 0 Å². The first-order chi connectivity index (χ1) is 10.3. The van der Waals surface area contributed by atoms with Crippen LogP contribution in [-0.2, 0) is 19.4 Å². The molecule has 0 fully saturated rings. The van der Waals surface area contributed by atoms with Gasteiger partial charge in [0, 0.05) is 17.8 Å². The van der Waals surface area contributed by atoms with Crippen LogP contribution >= 0.6 is 0 Å². The first-order valence-corrected chi connectivity index (χ1v) is 7.49. The predicted molar refractivity (Wildman–Crippen MR) is 85.4 cm³/mol. The zero-order chi connectivity index (χ0) is 14.7. The molecule has 3 rings (SSSR count). The van der Waals surface area contributed by atoms with Crippen molar-refractivity contribution in [3.63, 3.8) is 0 Å². The molecule has 0 saturated carbocycles. The highest BCUT2D eigenvalue weighted by Crippen LogP contribution is 2.28. The molecule has 0 aromatic heterocycles. The van der Waals surface area contributed by atoms with Gasteiger partial charge in [0.15, 0.2) is 0 Å². The second-order valence-corrected chi connectivity index (χ2v) is 5.51. The lowest BCUT2D eigenvalue weighted by Crippen LogP contribution is -2.15. The number of carbonyl (C=O) groups is 1. The van der Waals surface area contributed by atoms with Gasteiger partial charge in [-0.25, -0.2) is 0 Å². The molecule has 0 radical (unpaired) electrons. The van der Waals surface area contributed by atoms with Gasteiger partial charge in [-0.3, -0.25) is 4.79 Å². The Bertz CT molecular complexity index is 647. The molecule has 3 nitrogen and oxygen atoms in total. The summed E-state index contributed by atoms with van der Waals surface area (Å²) in [5, 5.41) is 3.05. The van der Waals surface area contributed by atoms with Crippen molar-refractivity contribution in [2.75, 3.05) is 5.32 Å². The molecule has 3 N–H and O–H groups in total. The lowest BCUT2D eigenvalue weighted by molar-refractivity contribution is 0.102. The van der Waals surface area contributed by atoms with Crippen molar-refractivity contribution in [2.24, 2.45) is 5.73 Å². The second kappa shape index (κ2) is 6.10. The van der Waals surface area contributed by atoms with Gasteiger partial charge >= 0.3 is 0 Å². The predicted octanol–water partition coefficient (Wildman–Crippen LogP) is 3.28. The molecule has 1 aliphatic rings. The lowest BCUT2D eigenvalue weighted by Gasteiger charge is -2.19. The highest BCUT2D eigenvalue weighted by molar-refractivity contribution is 6.04. The topological polar surface area (TPSA) is 55.1 Å². The van der Waals surface area contributed by atoms with Crippen molar-refractivity contribution in [2.45, 2.75) is 32.2 Å². The van der Waals surface area contributed by atoms with E-state index >= 15 is 0 Å². The van der Waals surface area contributed by atoms with Crippen molar-refractivity contribution >= 4 is 11.6 Å². The molecule has 0 aliphatic heterocycles. The summed E-state index contributed by atoms with van der Waals surface area (Å²) in [7, 11) is 0. The third-order valence-electron chi connectivity index (χ3n) is 4.10. The fourth-order valence-corrected chi connectivity index (χ4v) is 2.89. The average Bonchev–Trinajstić information content (AvgIpc) is 2.55. The molecule has 0 spiro atoms. The van der Waals surface area contributed by atoms with Crippen LogP contribution in [0, 0.1) is 0 Å². The molecule has 21 heavy (non-hydrogen) atoms. The maximum atomic E-state index is 12.4. The Morgan fingerprint density at radius 2 is 1.81 bits per heavy atom. The van der Waals surface area contributed by atoms with E-state index in [-0.39, 0.29) is 5.91 Å². The minimum atomic E-state index is -0.0578. The van der Waals surface area contributed by atoms with E-state index in [0.717, 1.165) is 24.1 Å². The first-order valence-electron chi connectivity index (χ1n) is 7.49. The van der Waals surface area contributed by atoms with Crippen molar-refractivity contribution in [1.29, 1.82) is 0 Å². The number of benzene rings is 2. The molecule has 2 aromatic rings. The molecule has 0 saturated heterocycles. The van der Waals surface area contributed by atoms with E-state index < -0.39 is 0 Å². The summed E-state index contributed by atoms with van der Waals surface area (Å²) < 4.78 is 0. The lowest BCUT2D eigenvalue weighted by atomic mass is 9.90. The van der Waals surface area contributed by atoms with Crippen LogP contribution in [0.25, 0.3) is 0 Å². The minimum Gasteiger partial charge on any atom is -0.326 e. The van der Waals surface area contributed by atoms with Gasteiger partial charge in [0.1, 0.15) is 0 Å². The first kappa shape index (κ1) is 13.8. The van der Waals surface area contributed by atoms with Crippen LogP contribution in [0.5, 0.6) is 0 Å². The Morgan fingerprint density at radius 3 is 2.57 bits per heavy atom. The van der Waals surface area contributed by atoms with Gasteiger partial charge in [-0.1, -0.05) is 24.3 Å². The number of nitrogens with two attached hydrogens (primary N) is 1. The zero-order valence-electron chi connectivity index (χ0n) is 12.1. The van der Waals surface area contributed by atoms with E-state index in [1.54, 1.807) is 0 Å². The average molecular weight is 280 g/mol. The third kappa shape index (κ3) is 2.98. The van der Waals surface area contributed by atoms with E-state index in [0.29, 0.717) is 12.1 Å². The van der Waals surface area contributed by atoms with Gasteiger partial charge in [-0.05, 0) is 60.6 Å². The van der Waals surface area contributed by atoms with Crippen molar-refractivity contribution < 1.29 is 4.79 Å². The number of hydrogen-bond acceptors (Lipinski definition) is 2. The molecule has 3 heteroatoms. The highest BCUT2D eigenvalue weighted by Gasteiger charge is 2.15. The number of rotatable bonds is 3. The summed E-state index contributed by atoms with van der Waals surface area (Å²) in [6.45, 7) is 0.494. The summed E-state index contributed by atoms with van der Waals surface area (Å²) in [6.07, 6.45) is 4.61. The van der Waals surface area contributed by atoms with Gasteiger partial charge in [0.2, 0.25) is 0 Å². The number of amides is 1. The van der Waals surface area contributed by atoms with E-state index in [1.807, 2.05) is 36.4 Å². The van der Waals surface area contributed by atoms with Gasteiger partial charge < -0.3 is 11.1 Å². The molecule has 0 heterocycles. The molecule has 0 bridgehead atoms. The maximum Gasteiger partial charge on any atom is 0.255 e. The summed E-state index contributed by atoms with van der Waals surface area (Å²) in [5.41, 5.74) is 10.9. The summed E-state index contributed by atoms with van der Waals surface area (Å²) in [6, 6.07) is 13.6. The number of hydrogen-bond donors (Lipinski definition) is 2. The fourth-order valence-electron chi connectivity index (χ4n) is 2.89. The minimum absolute atomic E-state index is 0.0578. The molecule has 0 unspecified atom stereocenters. The standard InChI is InChI=1S/C18H20N2O/c19-12-13-8-10-15(11-9-13)18(21)20-17-7-3-5-14-4-1-2-6-16(14)17/h3,5,7-11H,1-2,4,6,12,19H2,(H,20,21). The Hall–Kier alpha value is -2.13.